The van der Waals surface area contributed by atoms with Crippen LogP contribution in [0.1, 0.15) is 51.7 Å². The Bertz CT molecular complexity index is 690. The monoisotopic (exact) mass is 356 g/mol. The number of carbonyl (C=O) groups excluding carboxylic acids is 1. The van der Waals surface area contributed by atoms with Gasteiger partial charge in [0.05, 0.1) is 0 Å². The molecule has 0 saturated carbocycles. The molecule has 0 spiro atoms. The van der Waals surface area contributed by atoms with Gasteiger partial charge in [-0.3, -0.25) is 9.79 Å². The Kier molecular flexibility index (Phi) is 5.00. The van der Waals surface area contributed by atoms with E-state index in [1.165, 1.54) is 11.1 Å². The fourth-order valence-electron chi connectivity index (χ4n) is 3.73. The third-order valence-corrected chi connectivity index (χ3v) is 6.37. The van der Waals surface area contributed by atoms with E-state index in [1.54, 1.807) is 0 Å². The summed E-state index contributed by atoms with van der Waals surface area (Å²) in [5, 5.41) is 3.49. The molecule has 1 aromatic carbocycles. The van der Waals surface area contributed by atoms with Gasteiger partial charge in [-0.1, -0.05) is 38.1 Å². The second-order valence-electron chi connectivity index (χ2n) is 8.67. The van der Waals surface area contributed by atoms with E-state index in [-0.39, 0.29) is 11.4 Å². The molecule has 142 valence electrons. The highest BCUT2D eigenvalue weighted by atomic mass is 16.2. The predicted molar refractivity (Wildman–Crippen MR) is 106 cm³/mol. The Morgan fingerprint density at radius 2 is 1.81 bits per heavy atom. The molecule has 26 heavy (non-hydrogen) atoms. The molecule has 1 amide bonds. The molecule has 1 aromatic rings. The Balaban J connectivity index is 1.55. The summed E-state index contributed by atoms with van der Waals surface area (Å²) in [6, 6.07) is 8.53. The number of nitrogens with zero attached hydrogens (tertiary/aromatic N) is 3. The molecule has 0 atom stereocenters. The lowest BCUT2D eigenvalue weighted by Gasteiger charge is -2.62. The van der Waals surface area contributed by atoms with Crippen molar-refractivity contribution < 1.29 is 4.79 Å². The summed E-state index contributed by atoms with van der Waals surface area (Å²) >= 11 is 0. The molecule has 0 aliphatic carbocycles. The van der Waals surface area contributed by atoms with Crippen LogP contribution in [0, 0.1) is 5.41 Å². The van der Waals surface area contributed by atoms with Gasteiger partial charge in [-0.05, 0) is 31.4 Å². The van der Waals surface area contributed by atoms with E-state index in [2.05, 4.69) is 67.2 Å². The van der Waals surface area contributed by atoms with E-state index in [9.17, 15) is 4.79 Å². The maximum Gasteiger partial charge on any atom is 0.222 e. The van der Waals surface area contributed by atoms with Crippen molar-refractivity contribution in [1.82, 2.24) is 15.1 Å². The Hall–Kier alpha value is -2.04. The highest BCUT2D eigenvalue weighted by Gasteiger charge is 2.53. The van der Waals surface area contributed by atoms with Crippen molar-refractivity contribution in [2.75, 3.05) is 20.1 Å². The molecule has 5 nitrogen and oxygen atoms in total. The third kappa shape index (κ3) is 3.44. The molecule has 0 bridgehead atoms. The molecule has 2 saturated heterocycles. The molecular formula is C21H32N4O. The van der Waals surface area contributed by atoms with Crippen molar-refractivity contribution in [3.63, 3.8) is 0 Å². The van der Waals surface area contributed by atoms with Crippen LogP contribution in [-0.2, 0) is 17.9 Å². The molecule has 1 N–H and O–H groups in total. The van der Waals surface area contributed by atoms with Crippen LogP contribution in [0.3, 0.4) is 0 Å². The van der Waals surface area contributed by atoms with E-state index in [0.29, 0.717) is 11.8 Å². The molecule has 0 unspecified atom stereocenters. The molecule has 2 fully saturated rings. The summed E-state index contributed by atoms with van der Waals surface area (Å²) in [5.41, 5.74) is 2.81. The first-order valence-corrected chi connectivity index (χ1v) is 9.58. The SMILES string of the molecule is CN=C(NCc1ccc(CN2CCCC2=O)cc1)N1CC(C)(C)C1(C)C. The van der Waals surface area contributed by atoms with Gasteiger partial charge in [0.2, 0.25) is 5.91 Å². The van der Waals surface area contributed by atoms with Gasteiger partial charge in [0, 0.05) is 50.6 Å². The lowest BCUT2D eigenvalue weighted by Crippen LogP contribution is -2.72. The highest BCUT2D eigenvalue weighted by molar-refractivity contribution is 5.82. The summed E-state index contributed by atoms with van der Waals surface area (Å²) in [5.74, 6) is 1.24. The number of aliphatic imine (C=N–C) groups is 1. The Morgan fingerprint density at radius 1 is 1.15 bits per heavy atom. The van der Waals surface area contributed by atoms with Crippen molar-refractivity contribution in [2.24, 2.45) is 10.4 Å². The van der Waals surface area contributed by atoms with Crippen molar-refractivity contribution in [3.05, 3.63) is 35.4 Å². The van der Waals surface area contributed by atoms with Crippen LogP contribution in [0.2, 0.25) is 0 Å². The highest BCUT2D eigenvalue weighted by Crippen LogP contribution is 2.46. The number of hydrogen-bond acceptors (Lipinski definition) is 2. The normalized spacial score (nSPS) is 21.7. The molecule has 5 heteroatoms. The van der Waals surface area contributed by atoms with Crippen molar-refractivity contribution in [1.29, 1.82) is 0 Å². The zero-order valence-electron chi connectivity index (χ0n) is 16.8. The third-order valence-electron chi connectivity index (χ3n) is 6.37. The molecule has 0 aromatic heterocycles. The number of amides is 1. The molecule has 3 rings (SSSR count). The van der Waals surface area contributed by atoms with Gasteiger partial charge in [0.15, 0.2) is 5.96 Å². The van der Waals surface area contributed by atoms with Crippen LogP contribution < -0.4 is 5.32 Å². The maximum absolute atomic E-state index is 11.8. The van der Waals surface area contributed by atoms with E-state index in [0.717, 1.165) is 38.6 Å². The van der Waals surface area contributed by atoms with Crippen LogP contribution in [0.25, 0.3) is 0 Å². The first kappa shape index (κ1) is 18.7. The van der Waals surface area contributed by atoms with Crippen LogP contribution in [0.4, 0.5) is 0 Å². The molecular weight excluding hydrogens is 324 g/mol. The van der Waals surface area contributed by atoms with Crippen LogP contribution in [0.15, 0.2) is 29.3 Å². The number of hydrogen-bond donors (Lipinski definition) is 1. The zero-order chi connectivity index (χ0) is 18.9. The second-order valence-corrected chi connectivity index (χ2v) is 8.67. The minimum Gasteiger partial charge on any atom is -0.352 e. The summed E-state index contributed by atoms with van der Waals surface area (Å²) < 4.78 is 0. The number of benzene rings is 1. The largest absolute Gasteiger partial charge is 0.352 e. The van der Waals surface area contributed by atoms with E-state index < -0.39 is 0 Å². The van der Waals surface area contributed by atoms with Crippen LogP contribution in [0.5, 0.6) is 0 Å². The summed E-state index contributed by atoms with van der Waals surface area (Å²) in [4.78, 5) is 20.5. The number of rotatable bonds is 4. The quantitative estimate of drug-likeness (QED) is 0.666. The summed E-state index contributed by atoms with van der Waals surface area (Å²) in [6.45, 7) is 12.5. The van der Waals surface area contributed by atoms with E-state index in [4.69, 9.17) is 0 Å². The average Bonchev–Trinajstić information content (AvgIpc) is 3.00. The average molecular weight is 357 g/mol. The van der Waals surface area contributed by atoms with Gasteiger partial charge in [0.25, 0.3) is 0 Å². The predicted octanol–water partition coefficient (Wildman–Crippen LogP) is 3.00. The maximum atomic E-state index is 11.8. The van der Waals surface area contributed by atoms with Gasteiger partial charge in [-0.2, -0.15) is 0 Å². The van der Waals surface area contributed by atoms with Crippen LogP contribution >= 0.6 is 0 Å². The van der Waals surface area contributed by atoms with Gasteiger partial charge < -0.3 is 15.1 Å². The summed E-state index contributed by atoms with van der Waals surface area (Å²) in [6.07, 6.45) is 1.69. The summed E-state index contributed by atoms with van der Waals surface area (Å²) in [7, 11) is 1.85. The molecule has 2 heterocycles. The molecule has 2 aliphatic rings. The van der Waals surface area contributed by atoms with Gasteiger partial charge >= 0.3 is 0 Å². The second kappa shape index (κ2) is 6.93. The minimum atomic E-state index is 0.0982. The fraction of sp³-hybridized carbons (Fsp3) is 0.619. The fourth-order valence-corrected chi connectivity index (χ4v) is 3.73. The van der Waals surface area contributed by atoms with Crippen molar-refractivity contribution in [2.45, 2.75) is 59.2 Å². The topological polar surface area (TPSA) is 47.9 Å². The smallest absolute Gasteiger partial charge is 0.222 e. The van der Waals surface area contributed by atoms with Gasteiger partial charge in [-0.25, -0.2) is 0 Å². The lowest BCUT2D eigenvalue weighted by atomic mass is 9.65. The van der Waals surface area contributed by atoms with Gasteiger partial charge in [-0.15, -0.1) is 0 Å². The first-order valence-electron chi connectivity index (χ1n) is 9.58. The zero-order valence-corrected chi connectivity index (χ0v) is 16.8. The Morgan fingerprint density at radius 3 is 2.31 bits per heavy atom. The number of guanidine groups is 1. The number of carbonyl (C=O) groups is 1. The minimum absolute atomic E-state index is 0.0982. The number of likely N-dealkylation sites (tertiary alicyclic amines) is 2. The lowest BCUT2D eigenvalue weighted by molar-refractivity contribution is -0.128. The first-order chi connectivity index (χ1) is 12.2. The van der Waals surface area contributed by atoms with E-state index >= 15 is 0 Å². The molecule has 2 aliphatic heterocycles. The van der Waals surface area contributed by atoms with Crippen molar-refractivity contribution >= 4 is 11.9 Å². The van der Waals surface area contributed by atoms with E-state index in [1.807, 2.05) is 11.9 Å². The van der Waals surface area contributed by atoms with Crippen LogP contribution in [-0.4, -0.2) is 47.3 Å². The molecule has 0 radical (unpaired) electrons. The van der Waals surface area contributed by atoms with Gasteiger partial charge in [0.1, 0.15) is 0 Å². The standard InChI is InChI=1S/C21H32N4O/c1-20(2)15-25(21(20,3)4)19(22-5)23-13-16-8-10-17(11-9-16)14-24-12-6-7-18(24)26/h8-11H,6-7,12-15H2,1-5H3,(H,22,23). The van der Waals surface area contributed by atoms with Crippen molar-refractivity contribution in [3.8, 4) is 0 Å². The Labute approximate surface area is 157 Å². The number of nitrogens with one attached hydrogen (secondary N) is 1.